The first-order valence-electron chi connectivity index (χ1n) is 16.7. The Balaban J connectivity index is 1.34. The Morgan fingerprint density at radius 1 is 0.723 bits per heavy atom. The molecule has 0 N–H and O–H groups in total. The second-order valence-electron chi connectivity index (χ2n) is 11.2. The molecule has 0 bridgehead atoms. The Kier molecular flexibility index (Phi) is 14.2. The molecule has 4 aromatic rings. The standard InChI is InChI=1S/C39H46N2O6/c1-4-36(39(43)45-6-3)47-37-18-11-15-29(35(37)19-20-38(42)44-5-2)14-9-7-8-10-23-46-34-25-32(30-16-12-21-40-27-30)24-33(26-34)31-17-13-22-41-28-31/h11-13,15-18,21-22,24-28,36H,4-10,14,19-20,23H2,1-3H3. The molecule has 2 aromatic carbocycles. The molecule has 47 heavy (non-hydrogen) atoms. The van der Waals surface area contributed by atoms with Gasteiger partial charge >= 0.3 is 11.9 Å². The lowest BCUT2D eigenvalue weighted by atomic mass is 9.96. The lowest BCUT2D eigenvalue weighted by molar-refractivity contribution is -0.151. The van der Waals surface area contributed by atoms with Crippen LogP contribution in [-0.2, 0) is 31.9 Å². The highest BCUT2D eigenvalue weighted by Gasteiger charge is 2.22. The summed E-state index contributed by atoms with van der Waals surface area (Å²) in [6, 6.07) is 20.1. The van der Waals surface area contributed by atoms with E-state index < -0.39 is 6.10 Å². The Bertz CT molecular complexity index is 1490. The number of carbonyl (C=O) groups is 2. The van der Waals surface area contributed by atoms with Crippen molar-refractivity contribution < 1.29 is 28.5 Å². The lowest BCUT2D eigenvalue weighted by Gasteiger charge is -2.20. The first kappa shape index (κ1) is 35.1. The van der Waals surface area contributed by atoms with Gasteiger partial charge in [-0.2, -0.15) is 0 Å². The second-order valence-corrected chi connectivity index (χ2v) is 11.2. The zero-order valence-corrected chi connectivity index (χ0v) is 27.8. The van der Waals surface area contributed by atoms with Crippen LogP contribution in [0.2, 0.25) is 0 Å². The summed E-state index contributed by atoms with van der Waals surface area (Å²) in [6.07, 6.45) is 12.6. The topological polar surface area (TPSA) is 96.8 Å². The fraction of sp³-hybridized carbons (Fsp3) is 0.385. The van der Waals surface area contributed by atoms with E-state index in [0.717, 1.165) is 71.2 Å². The molecule has 8 nitrogen and oxygen atoms in total. The number of hydrogen-bond acceptors (Lipinski definition) is 8. The van der Waals surface area contributed by atoms with Crippen LogP contribution < -0.4 is 9.47 Å². The molecule has 0 amide bonds. The van der Waals surface area contributed by atoms with Crippen LogP contribution in [0.5, 0.6) is 11.5 Å². The number of esters is 2. The summed E-state index contributed by atoms with van der Waals surface area (Å²) in [6.45, 7) is 6.73. The summed E-state index contributed by atoms with van der Waals surface area (Å²) in [7, 11) is 0. The second kappa shape index (κ2) is 19.1. The van der Waals surface area contributed by atoms with Gasteiger partial charge in [0.2, 0.25) is 0 Å². The highest BCUT2D eigenvalue weighted by molar-refractivity contribution is 5.75. The molecule has 2 heterocycles. The average Bonchev–Trinajstić information content (AvgIpc) is 3.10. The first-order chi connectivity index (χ1) is 23.0. The Morgan fingerprint density at radius 2 is 1.40 bits per heavy atom. The predicted molar refractivity (Wildman–Crippen MR) is 183 cm³/mol. The Hall–Kier alpha value is -4.72. The van der Waals surface area contributed by atoms with Crippen LogP contribution in [0.15, 0.2) is 85.5 Å². The van der Waals surface area contributed by atoms with Crippen molar-refractivity contribution in [3.8, 4) is 33.8 Å². The van der Waals surface area contributed by atoms with Gasteiger partial charge in [-0.25, -0.2) is 4.79 Å². The van der Waals surface area contributed by atoms with Gasteiger partial charge in [0.05, 0.1) is 19.8 Å². The third-order valence-corrected chi connectivity index (χ3v) is 7.81. The van der Waals surface area contributed by atoms with Crippen molar-refractivity contribution in [2.24, 2.45) is 0 Å². The van der Waals surface area contributed by atoms with E-state index in [9.17, 15) is 9.59 Å². The molecule has 0 saturated carbocycles. The molecule has 8 heteroatoms. The van der Waals surface area contributed by atoms with Crippen molar-refractivity contribution in [3.63, 3.8) is 0 Å². The number of aromatic nitrogens is 2. The van der Waals surface area contributed by atoms with E-state index in [0.29, 0.717) is 38.4 Å². The minimum atomic E-state index is -0.697. The minimum absolute atomic E-state index is 0.246. The summed E-state index contributed by atoms with van der Waals surface area (Å²) >= 11 is 0. The molecule has 0 saturated heterocycles. The number of carbonyl (C=O) groups excluding carboxylic acids is 2. The summed E-state index contributed by atoms with van der Waals surface area (Å²) in [5.41, 5.74) is 6.23. The molecule has 0 radical (unpaired) electrons. The number of pyridine rings is 2. The number of rotatable bonds is 19. The van der Waals surface area contributed by atoms with Crippen molar-refractivity contribution in [1.82, 2.24) is 9.97 Å². The molecule has 248 valence electrons. The summed E-state index contributed by atoms with van der Waals surface area (Å²) < 4.78 is 22.8. The van der Waals surface area contributed by atoms with Crippen molar-refractivity contribution in [2.45, 2.75) is 78.2 Å². The van der Waals surface area contributed by atoms with Crippen molar-refractivity contribution in [1.29, 1.82) is 0 Å². The predicted octanol–water partition coefficient (Wildman–Crippen LogP) is 8.21. The van der Waals surface area contributed by atoms with E-state index >= 15 is 0 Å². The third-order valence-electron chi connectivity index (χ3n) is 7.81. The van der Waals surface area contributed by atoms with Gasteiger partial charge in [0.1, 0.15) is 11.5 Å². The highest BCUT2D eigenvalue weighted by Crippen LogP contribution is 2.31. The quantitative estimate of drug-likeness (QED) is 0.0749. The largest absolute Gasteiger partial charge is 0.494 e. The van der Waals surface area contributed by atoms with Crippen molar-refractivity contribution in [3.05, 3.63) is 96.6 Å². The number of hydrogen-bond donors (Lipinski definition) is 0. The molecule has 0 aliphatic rings. The third kappa shape index (κ3) is 10.9. The van der Waals surface area contributed by atoms with Gasteiger partial charge in [0.15, 0.2) is 6.10 Å². The maximum Gasteiger partial charge on any atom is 0.347 e. The van der Waals surface area contributed by atoms with Gasteiger partial charge in [-0.05, 0) is 105 Å². The monoisotopic (exact) mass is 638 g/mol. The molecular formula is C39H46N2O6. The van der Waals surface area contributed by atoms with E-state index in [2.05, 4.69) is 34.2 Å². The van der Waals surface area contributed by atoms with E-state index in [1.165, 1.54) is 0 Å². The van der Waals surface area contributed by atoms with E-state index in [-0.39, 0.29) is 18.4 Å². The summed E-state index contributed by atoms with van der Waals surface area (Å²) in [5, 5.41) is 0. The fourth-order valence-electron chi connectivity index (χ4n) is 5.43. The highest BCUT2D eigenvalue weighted by atomic mass is 16.6. The van der Waals surface area contributed by atoms with Gasteiger partial charge in [0, 0.05) is 42.3 Å². The number of aryl methyl sites for hydroxylation is 1. The van der Waals surface area contributed by atoms with Gasteiger partial charge in [-0.3, -0.25) is 14.8 Å². The molecular weight excluding hydrogens is 592 g/mol. The SMILES string of the molecule is CCOC(=O)CCc1c(CCCCCCOc2cc(-c3cccnc3)cc(-c3cccnc3)c2)cccc1OC(CC)C(=O)OCC. The van der Waals surface area contributed by atoms with Gasteiger partial charge in [-0.15, -0.1) is 0 Å². The lowest BCUT2D eigenvalue weighted by Crippen LogP contribution is -2.29. The number of benzene rings is 2. The Morgan fingerprint density at radius 3 is 2.02 bits per heavy atom. The molecule has 0 aliphatic carbocycles. The smallest absolute Gasteiger partial charge is 0.347 e. The molecule has 0 aliphatic heterocycles. The van der Waals surface area contributed by atoms with Crippen LogP contribution in [-0.4, -0.2) is 47.8 Å². The minimum Gasteiger partial charge on any atom is -0.494 e. The average molecular weight is 639 g/mol. The Labute approximate surface area is 278 Å². The van der Waals surface area contributed by atoms with Crippen LogP contribution in [0, 0.1) is 0 Å². The maximum atomic E-state index is 12.4. The van der Waals surface area contributed by atoms with Crippen molar-refractivity contribution in [2.75, 3.05) is 19.8 Å². The zero-order valence-electron chi connectivity index (χ0n) is 27.8. The normalized spacial score (nSPS) is 11.5. The van der Waals surface area contributed by atoms with Crippen LogP contribution in [0.3, 0.4) is 0 Å². The van der Waals surface area contributed by atoms with E-state index in [1.807, 2.05) is 55.7 Å². The molecule has 4 rings (SSSR count). The van der Waals surface area contributed by atoms with Crippen molar-refractivity contribution >= 4 is 11.9 Å². The van der Waals surface area contributed by atoms with Crippen LogP contribution in [0.25, 0.3) is 22.3 Å². The molecule has 0 fully saturated rings. The van der Waals surface area contributed by atoms with Gasteiger partial charge in [-0.1, -0.05) is 44.0 Å². The van der Waals surface area contributed by atoms with Gasteiger partial charge < -0.3 is 18.9 Å². The fourth-order valence-corrected chi connectivity index (χ4v) is 5.43. The van der Waals surface area contributed by atoms with Gasteiger partial charge in [0.25, 0.3) is 0 Å². The van der Waals surface area contributed by atoms with Crippen LogP contribution >= 0.6 is 0 Å². The first-order valence-corrected chi connectivity index (χ1v) is 16.7. The van der Waals surface area contributed by atoms with Crippen LogP contribution in [0.4, 0.5) is 0 Å². The van der Waals surface area contributed by atoms with E-state index in [1.54, 1.807) is 26.2 Å². The number of ether oxygens (including phenoxy) is 4. The summed E-state index contributed by atoms with van der Waals surface area (Å²) in [5.74, 6) is 0.820. The molecule has 0 spiro atoms. The molecule has 1 unspecified atom stereocenters. The number of unbranched alkanes of at least 4 members (excludes halogenated alkanes) is 3. The maximum absolute atomic E-state index is 12.4. The summed E-state index contributed by atoms with van der Waals surface area (Å²) in [4.78, 5) is 33.2. The zero-order chi connectivity index (χ0) is 33.3. The molecule has 1 atom stereocenters. The van der Waals surface area contributed by atoms with E-state index in [4.69, 9.17) is 18.9 Å². The van der Waals surface area contributed by atoms with Crippen LogP contribution in [0.1, 0.15) is 70.4 Å². The molecule has 2 aromatic heterocycles. The number of nitrogens with zero attached hydrogens (tertiary/aromatic N) is 2.